The van der Waals surface area contributed by atoms with Gasteiger partial charge in [0.1, 0.15) is 0 Å². The predicted molar refractivity (Wildman–Crippen MR) is 65.5 cm³/mol. The molecule has 1 aliphatic heterocycles. The molecule has 0 radical (unpaired) electrons. The highest BCUT2D eigenvalue weighted by Crippen LogP contribution is 2.35. The average Bonchev–Trinajstić information content (AvgIpc) is 2.97. The van der Waals surface area contributed by atoms with Crippen LogP contribution in [0.3, 0.4) is 0 Å². The monoisotopic (exact) mass is 247 g/mol. The normalized spacial score (nSPS) is 12.7. The first-order valence-electron chi connectivity index (χ1n) is 5.51. The average molecular weight is 247 g/mol. The standard InChI is InChI=1S/C11H13N5O2/c1-16(11-13-10(12)14-15-11)5-7-3-2-4-8-9(7)18-6-17-8/h2-4H,5-6H2,1H3,(H3,12,13,14,15). The molecular weight excluding hydrogens is 234 g/mol. The number of aromatic amines is 1. The molecule has 3 N–H and O–H groups in total. The number of fused-ring (bicyclic) bond motifs is 1. The van der Waals surface area contributed by atoms with Crippen LogP contribution in [0.15, 0.2) is 18.2 Å². The molecule has 0 spiro atoms. The van der Waals surface area contributed by atoms with Crippen molar-refractivity contribution < 1.29 is 9.47 Å². The largest absolute Gasteiger partial charge is 0.454 e. The van der Waals surface area contributed by atoms with Crippen molar-refractivity contribution in [2.24, 2.45) is 0 Å². The highest BCUT2D eigenvalue weighted by atomic mass is 16.7. The third kappa shape index (κ3) is 1.79. The highest BCUT2D eigenvalue weighted by molar-refractivity contribution is 5.49. The van der Waals surface area contributed by atoms with E-state index in [-0.39, 0.29) is 6.79 Å². The molecule has 7 nitrogen and oxygen atoms in total. The fraction of sp³-hybridized carbons (Fsp3) is 0.273. The van der Waals surface area contributed by atoms with E-state index in [1.165, 1.54) is 0 Å². The summed E-state index contributed by atoms with van der Waals surface area (Å²) in [6.45, 7) is 0.895. The zero-order valence-corrected chi connectivity index (χ0v) is 9.88. The zero-order chi connectivity index (χ0) is 12.5. The molecule has 0 unspecified atom stereocenters. The number of para-hydroxylation sites is 1. The summed E-state index contributed by atoms with van der Waals surface area (Å²) < 4.78 is 10.8. The SMILES string of the molecule is CN(Cc1cccc2c1OCO2)c1nnc(N)[nH]1. The van der Waals surface area contributed by atoms with Gasteiger partial charge in [-0.2, -0.15) is 0 Å². The molecule has 1 aromatic carbocycles. The second-order valence-electron chi connectivity index (χ2n) is 4.04. The molecule has 2 aromatic rings. The summed E-state index contributed by atoms with van der Waals surface area (Å²) in [4.78, 5) is 4.78. The number of nitrogens with one attached hydrogen (secondary N) is 1. The first-order valence-corrected chi connectivity index (χ1v) is 5.51. The molecule has 0 bridgehead atoms. The Labute approximate surface area is 104 Å². The Balaban J connectivity index is 1.83. The molecule has 0 aliphatic carbocycles. The van der Waals surface area contributed by atoms with Crippen molar-refractivity contribution in [3.8, 4) is 11.5 Å². The number of ether oxygens (including phenoxy) is 2. The van der Waals surface area contributed by atoms with Gasteiger partial charge in [0.15, 0.2) is 11.5 Å². The molecule has 1 aliphatic rings. The Morgan fingerprint density at radius 1 is 1.39 bits per heavy atom. The Morgan fingerprint density at radius 3 is 3.06 bits per heavy atom. The lowest BCUT2D eigenvalue weighted by atomic mass is 10.2. The Kier molecular flexibility index (Phi) is 2.44. The van der Waals surface area contributed by atoms with Gasteiger partial charge in [0.05, 0.1) is 0 Å². The molecule has 0 saturated carbocycles. The van der Waals surface area contributed by atoms with Crippen molar-refractivity contribution in [1.29, 1.82) is 0 Å². The maximum atomic E-state index is 5.50. The summed E-state index contributed by atoms with van der Waals surface area (Å²) in [6, 6.07) is 5.81. The predicted octanol–water partition coefficient (Wildman–Crippen LogP) is 0.752. The topological polar surface area (TPSA) is 89.3 Å². The lowest BCUT2D eigenvalue weighted by Crippen LogP contribution is -2.18. The summed E-state index contributed by atoms with van der Waals surface area (Å²) >= 11 is 0. The number of rotatable bonds is 3. The van der Waals surface area contributed by atoms with Crippen molar-refractivity contribution in [2.45, 2.75) is 6.54 Å². The fourth-order valence-corrected chi connectivity index (χ4v) is 1.88. The van der Waals surface area contributed by atoms with Crippen molar-refractivity contribution in [2.75, 3.05) is 24.5 Å². The van der Waals surface area contributed by atoms with Crippen LogP contribution in [0.2, 0.25) is 0 Å². The number of nitrogens with two attached hydrogens (primary N) is 1. The van der Waals surface area contributed by atoms with Gasteiger partial charge in [-0.25, -0.2) is 0 Å². The van der Waals surface area contributed by atoms with E-state index in [4.69, 9.17) is 15.2 Å². The van der Waals surface area contributed by atoms with Crippen molar-refractivity contribution >= 4 is 11.9 Å². The van der Waals surface area contributed by atoms with Crippen molar-refractivity contribution in [3.63, 3.8) is 0 Å². The molecule has 94 valence electrons. The van der Waals surface area contributed by atoms with Gasteiger partial charge in [0, 0.05) is 19.2 Å². The fourth-order valence-electron chi connectivity index (χ4n) is 1.88. The van der Waals surface area contributed by atoms with Crippen LogP contribution in [0.5, 0.6) is 11.5 Å². The summed E-state index contributed by atoms with van der Waals surface area (Å²) in [5.41, 5.74) is 6.53. The molecule has 18 heavy (non-hydrogen) atoms. The molecule has 3 rings (SSSR count). The Morgan fingerprint density at radius 2 is 2.28 bits per heavy atom. The van der Waals surface area contributed by atoms with Crippen LogP contribution in [0, 0.1) is 0 Å². The van der Waals surface area contributed by atoms with E-state index in [9.17, 15) is 0 Å². The number of aromatic nitrogens is 3. The van der Waals surface area contributed by atoms with Crippen molar-refractivity contribution in [3.05, 3.63) is 23.8 Å². The minimum Gasteiger partial charge on any atom is -0.454 e. The van der Waals surface area contributed by atoms with Gasteiger partial charge < -0.3 is 20.1 Å². The molecule has 0 saturated heterocycles. The van der Waals surface area contributed by atoms with E-state index in [0.717, 1.165) is 17.1 Å². The number of nitrogen functional groups attached to an aromatic ring is 1. The molecule has 1 aromatic heterocycles. The minimum absolute atomic E-state index is 0.269. The van der Waals surface area contributed by atoms with Crippen LogP contribution < -0.4 is 20.1 Å². The molecule has 0 fully saturated rings. The van der Waals surface area contributed by atoms with Gasteiger partial charge in [-0.15, -0.1) is 10.2 Å². The van der Waals surface area contributed by atoms with E-state index in [2.05, 4.69) is 15.2 Å². The summed E-state index contributed by atoms with van der Waals surface area (Å²) in [5, 5.41) is 7.66. The molecule has 0 amide bonds. The van der Waals surface area contributed by atoms with Gasteiger partial charge in [-0.1, -0.05) is 12.1 Å². The maximum absolute atomic E-state index is 5.50. The molecule has 2 heterocycles. The number of hydrogen-bond acceptors (Lipinski definition) is 6. The lowest BCUT2D eigenvalue weighted by Gasteiger charge is -2.16. The van der Waals surface area contributed by atoms with Gasteiger partial charge >= 0.3 is 0 Å². The van der Waals surface area contributed by atoms with E-state index < -0.39 is 0 Å². The number of H-pyrrole nitrogens is 1. The molecular formula is C11H13N5O2. The van der Waals surface area contributed by atoms with Crippen LogP contribution >= 0.6 is 0 Å². The minimum atomic E-state index is 0.269. The molecule has 7 heteroatoms. The smallest absolute Gasteiger partial charge is 0.231 e. The first kappa shape index (κ1) is 10.7. The molecule has 0 atom stereocenters. The first-order chi connectivity index (χ1) is 8.74. The van der Waals surface area contributed by atoms with Crippen LogP contribution in [0.25, 0.3) is 0 Å². The van der Waals surface area contributed by atoms with Crippen LogP contribution in [-0.4, -0.2) is 29.0 Å². The Hall–Kier alpha value is -2.44. The van der Waals surface area contributed by atoms with Crippen LogP contribution in [0.4, 0.5) is 11.9 Å². The number of benzene rings is 1. The van der Waals surface area contributed by atoms with E-state index in [0.29, 0.717) is 18.4 Å². The number of nitrogens with zero attached hydrogens (tertiary/aromatic N) is 3. The number of anilines is 2. The summed E-state index contributed by atoms with van der Waals surface area (Å²) in [7, 11) is 1.90. The summed E-state index contributed by atoms with van der Waals surface area (Å²) in [6.07, 6.45) is 0. The van der Waals surface area contributed by atoms with Gasteiger partial charge in [0.2, 0.25) is 18.7 Å². The quantitative estimate of drug-likeness (QED) is 0.832. The Bertz CT molecular complexity index is 568. The van der Waals surface area contributed by atoms with E-state index in [1.807, 2.05) is 30.1 Å². The highest BCUT2D eigenvalue weighted by Gasteiger charge is 2.18. The second-order valence-corrected chi connectivity index (χ2v) is 4.04. The lowest BCUT2D eigenvalue weighted by molar-refractivity contribution is 0.173. The van der Waals surface area contributed by atoms with E-state index in [1.54, 1.807) is 0 Å². The zero-order valence-electron chi connectivity index (χ0n) is 9.88. The maximum Gasteiger partial charge on any atom is 0.231 e. The third-order valence-electron chi connectivity index (χ3n) is 2.74. The van der Waals surface area contributed by atoms with Gasteiger partial charge in [-0.05, 0) is 6.07 Å². The van der Waals surface area contributed by atoms with Crippen molar-refractivity contribution in [1.82, 2.24) is 15.2 Å². The van der Waals surface area contributed by atoms with Gasteiger partial charge in [0.25, 0.3) is 0 Å². The van der Waals surface area contributed by atoms with Crippen LogP contribution in [0.1, 0.15) is 5.56 Å². The van der Waals surface area contributed by atoms with E-state index >= 15 is 0 Å². The second kappa shape index (κ2) is 4.10. The van der Waals surface area contributed by atoms with Gasteiger partial charge in [-0.3, -0.25) is 4.98 Å². The van der Waals surface area contributed by atoms with Crippen LogP contribution in [-0.2, 0) is 6.54 Å². The summed E-state index contributed by atoms with van der Waals surface area (Å²) in [5.74, 6) is 2.48. The third-order valence-corrected chi connectivity index (χ3v) is 2.74. The number of hydrogen-bond donors (Lipinski definition) is 2.